The van der Waals surface area contributed by atoms with Gasteiger partial charge < -0.3 is 24.4 Å². The molecule has 1 aliphatic carbocycles. The molecule has 0 aromatic carbocycles. The minimum atomic E-state index is -1.05. The van der Waals surface area contributed by atoms with E-state index in [-0.39, 0.29) is 35.9 Å². The number of nitrogens with zero attached hydrogens (tertiary/aromatic N) is 2. The third-order valence-electron chi connectivity index (χ3n) is 8.26. The minimum Gasteiger partial charge on any atom is -0.466 e. The molecule has 4 fully saturated rings. The fraction of sp³-hybridized carbons (Fsp3) is 0.808. The number of alkyl halides is 1. The molecular formula is C26H39BrN2O6. The first-order chi connectivity index (χ1) is 16.9. The predicted molar refractivity (Wildman–Crippen MR) is 134 cm³/mol. The van der Waals surface area contributed by atoms with E-state index in [4.69, 9.17) is 9.47 Å². The Labute approximate surface area is 216 Å². The van der Waals surface area contributed by atoms with Crippen LogP contribution in [0.2, 0.25) is 0 Å². The Morgan fingerprint density at radius 3 is 2.69 bits per heavy atom. The molecule has 35 heavy (non-hydrogen) atoms. The summed E-state index contributed by atoms with van der Waals surface area (Å²) in [6, 6.07) is -0.657. The maximum Gasteiger partial charge on any atom is 0.312 e. The number of aliphatic hydroxyl groups excluding tert-OH is 1. The third-order valence-corrected chi connectivity index (χ3v) is 9.11. The lowest BCUT2D eigenvalue weighted by Gasteiger charge is -2.41. The summed E-state index contributed by atoms with van der Waals surface area (Å²) in [4.78, 5) is 44.7. The molecule has 1 unspecified atom stereocenters. The van der Waals surface area contributed by atoms with Crippen LogP contribution in [-0.2, 0) is 23.9 Å². The number of carbonyl (C=O) groups is 3. The van der Waals surface area contributed by atoms with E-state index in [1.165, 1.54) is 6.42 Å². The van der Waals surface area contributed by atoms with Crippen LogP contribution in [0.1, 0.15) is 64.7 Å². The number of hydrogen-bond donors (Lipinski definition) is 1. The monoisotopic (exact) mass is 554 g/mol. The van der Waals surface area contributed by atoms with Gasteiger partial charge in [0.05, 0.1) is 24.5 Å². The zero-order chi connectivity index (χ0) is 25.2. The lowest BCUT2D eigenvalue weighted by molar-refractivity contribution is -0.155. The summed E-state index contributed by atoms with van der Waals surface area (Å²) < 4.78 is 11.9. The van der Waals surface area contributed by atoms with Crippen LogP contribution in [0.4, 0.5) is 0 Å². The molecule has 8 nitrogen and oxygen atoms in total. The standard InChI is InChI=1S/C26H39BrN2O6/c1-3-13-28(17-11-7-5-8-12-17)24(32)22-26-16-18(27)21(35-26)19(25(33)34-4-2)20(26)23(31)29(22)14-9-6-10-15-30/h3,17-22,30H,1,4-16H2,2H3/t18?,19-,20+,21-,22-,26+/m0/s1. The Bertz CT molecular complexity index is 818. The smallest absolute Gasteiger partial charge is 0.312 e. The SMILES string of the molecule is C=CCN(C(=O)[C@@H]1N(CCCCCO)C(=O)[C@H]2[C@H](C(=O)OCC)[C@H]3O[C@@]12CC3Br)C1CCCCC1. The summed E-state index contributed by atoms with van der Waals surface area (Å²) in [6.45, 7) is 6.79. The first-order valence-corrected chi connectivity index (χ1v) is 14.1. The molecule has 4 rings (SSSR count). The summed E-state index contributed by atoms with van der Waals surface area (Å²) in [5.74, 6) is -2.15. The van der Waals surface area contributed by atoms with Crippen LogP contribution in [-0.4, -0.2) is 87.6 Å². The Morgan fingerprint density at radius 2 is 2.03 bits per heavy atom. The molecular weight excluding hydrogens is 516 g/mol. The second-order valence-electron chi connectivity index (χ2n) is 10.3. The highest BCUT2D eigenvalue weighted by atomic mass is 79.9. The average Bonchev–Trinajstić information content (AvgIpc) is 3.44. The topological polar surface area (TPSA) is 96.4 Å². The van der Waals surface area contributed by atoms with Gasteiger partial charge in [0.25, 0.3) is 0 Å². The van der Waals surface area contributed by atoms with Gasteiger partial charge in [-0.1, -0.05) is 41.3 Å². The van der Waals surface area contributed by atoms with Crippen LogP contribution >= 0.6 is 15.9 Å². The van der Waals surface area contributed by atoms with E-state index in [2.05, 4.69) is 22.5 Å². The van der Waals surface area contributed by atoms with Crippen molar-refractivity contribution in [3.63, 3.8) is 0 Å². The van der Waals surface area contributed by atoms with Crippen molar-refractivity contribution >= 4 is 33.7 Å². The molecule has 1 spiro atoms. The zero-order valence-electron chi connectivity index (χ0n) is 20.7. The first kappa shape index (κ1) is 26.6. The number of hydrogen-bond acceptors (Lipinski definition) is 6. The quantitative estimate of drug-likeness (QED) is 0.182. The van der Waals surface area contributed by atoms with E-state index in [1.54, 1.807) is 17.9 Å². The van der Waals surface area contributed by atoms with Crippen molar-refractivity contribution in [2.24, 2.45) is 11.8 Å². The van der Waals surface area contributed by atoms with Crippen molar-refractivity contribution < 1.29 is 29.0 Å². The molecule has 2 amide bonds. The lowest BCUT2D eigenvalue weighted by Crippen LogP contribution is -2.58. The third kappa shape index (κ3) is 4.68. The number of carbonyl (C=O) groups excluding carboxylic acids is 3. The fourth-order valence-electron chi connectivity index (χ4n) is 6.84. The summed E-state index contributed by atoms with van der Waals surface area (Å²) >= 11 is 3.69. The number of halogens is 1. The van der Waals surface area contributed by atoms with Gasteiger partial charge in [-0.05, 0) is 45.4 Å². The van der Waals surface area contributed by atoms with Gasteiger partial charge in [0.15, 0.2) is 0 Å². The van der Waals surface area contributed by atoms with Crippen molar-refractivity contribution in [2.75, 3.05) is 26.3 Å². The van der Waals surface area contributed by atoms with E-state index in [9.17, 15) is 19.5 Å². The maximum absolute atomic E-state index is 14.3. The Kier molecular flexibility index (Phi) is 8.59. The highest BCUT2D eigenvalue weighted by Crippen LogP contribution is 2.60. The van der Waals surface area contributed by atoms with Crippen LogP contribution in [0.15, 0.2) is 12.7 Å². The minimum absolute atomic E-state index is 0.0959. The Balaban J connectivity index is 1.70. The molecule has 0 radical (unpaired) electrons. The molecule has 3 saturated heterocycles. The summed E-state index contributed by atoms with van der Waals surface area (Å²) in [7, 11) is 0. The number of ether oxygens (including phenoxy) is 2. The van der Waals surface area contributed by atoms with Crippen molar-refractivity contribution in [1.29, 1.82) is 0 Å². The summed E-state index contributed by atoms with van der Waals surface area (Å²) in [6.07, 6.45) is 9.08. The largest absolute Gasteiger partial charge is 0.466 e. The van der Waals surface area contributed by atoms with Crippen LogP contribution in [0.25, 0.3) is 0 Å². The highest BCUT2D eigenvalue weighted by Gasteiger charge is 2.77. The highest BCUT2D eigenvalue weighted by molar-refractivity contribution is 9.09. The maximum atomic E-state index is 14.3. The fourth-order valence-corrected chi connectivity index (χ4v) is 7.78. The number of esters is 1. The molecule has 0 aromatic rings. The van der Waals surface area contributed by atoms with Gasteiger partial charge in [-0.15, -0.1) is 6.58 Å². The van der Waals surface area contributed by atoms with Crippen LogP contribution in [0, 0.1) is 11.8 Å². The molecule has 4 aliphatic rings. The van der Waals surface area contributed by atoms with E-state index in [0.29, 0.717) is 32.4 Å². The van der Waals surface area contributed by atoms with E-state index < -0.39 is 35.6 Å². The van der Waals surface area contributed by atoms with Gasteiger partial charge in [0.2, 0.25) is 11.8 Å². The van der Waals surface area contributed by atoms with Gasteiger partial charge >= 0.3 is 5.97 Å². The normalized spacial score (nSPS) is 34.2. The molecule has 6 atom stereocenters. The molecule has 3 heterocycles. The lowest BCUT2D eigenvalue weighted by atomic mass is 9.70. The number of unbranched alkanes of at least 4 members (excludes halogenated alkanes) is 2. The van der Waals surface area contributed by atoms with Crippen LogP contribution < -0.4 is 0 Å². The number of aliphatic hydroxyl groups is 1. The van der Waals surface area contributed by atoms with E-state index >= 15 is 0 Å². The van der Waals surface area contributed by atoms with Gasteiger partial charge in [-0.2, -0.15) is 0 Å². The predicted octanol–water partition coefficient (Wildman–Crippen LogP) is 2.81. The number of amides is 2. The summed E-state index contributed by atoms with van der Waals surface area (Å²) in [5.41, 5.74) is -1.05. The molecule has 2 bridgehead atoms. The second-order valence-corrected chi connectivity index (χ2v) is 11.5. The first-order valence-electron chi connectivity index (χ1n) is 13.2. The van der Waals surface area contributed by atoms with Gasteiger partial charge in [0.1, 0.15) is 11.6 Å². The average molecular weight is 556 g/mol. The van der Waals surface area contributed by atoms with Crippen LogP contribution in [0.5, 0.6) is 0 Å². The molecule has 196 valence electrons. The van der Waals surface area contributed by atoms with Gasteiger partial charge in [-0.3, -0.25) is 14.4 Å². The van der Waals surface area contributed by atoms with Crippen molar-refractivity contribution in [3.8, 4) is 0 Å². The van der Waals surface area contributed by atoms with Gasteiger partial charge in [0, 0.05) is 30.6 Å². The Hall–Kier alpha value is -1.45. The molecule has 9 heteroatoms. The molecule has 0 aromatic heterocycles. The second kappa shape index (κ2) is 11.3. The molecule has 1 saturated carbocycles. The van der Waals surface area contributed by atoms with Crippen molar-refractivity contribution in [3.05, 3.63) is 12.7 Å². The number of likely N-dealkylation sites (tertiary alicyclic amines) is 1. The number of fused-ring (bicyclic) bond motifs is 1. The van der Waals surface area contributed by atoms with Crippen LogP contribution in [0.3, 0.4) is 0 Å². The molecule has 1 N–H and O–H groups in total. The van der Waals surface area contributed by atoms with E-state index in [1.807, 2.05) is 4.90 Å². The van der Waals surface area contributed by atoms with Gasteiger partial charge in [-0.25, -0.2) is 0 Å². The Morgan fingerprint density at radius 1 is 1.29 bits per heavy atom. The van der Waals surface area contributed by atoms with Crippen molar-refractivity contribution in [1.82, 2.24) is 9.80 Å². The molecule has 3 aliphatic heterocycles. The summed E-state index contributed by atoms with van der Waals surface area (Å²) in [5, 5.41) is 9.19. The van der Waals surface area contributed by atoms with E-state index in [0.717, 1.165) is 32.1 Å². The number of rotatable bonds is 11. The zero-order valence-corrected chi connectivity index (χ0v) is 22.3. The van der Waals surface area contributed by atoms with Crippen molar-refractivity contribution in [2.45, 2.75) is 93.3 Å².